The molecule has 4 heteroatoms. The lowest BCUT2D eigenvalue weighted by atomic mass is 10.2. The second-order valence-electron chi connectivity index (χ2n) is 3.43. The van der Waals surface area contributed by atoms with Crippen LogP contribution in [0.3, 0.4) is 0 Å². The van der Waals surface area contributed by atoms with E-state index in [1.54, 1.807) is 12.1 Å². The minimum absolute atomic E-state index is 0.0733. The normalized spacial score (nSPS) is 12.1. The van der Waals surface area contributed by atoms with Gasteiger partial charge in [0.25, 0.3) is 0 Å². The zero-order chi connectivity index (χ0) is 11.3. The van der Waals surface area contributed by atoms with Crippen LogP contribution < -0.4 is 4.74 Å². The number of hydrogen-bond donors (Lipinski definition) is 2. The van der Waals surface area contributed by atoms with Crippen molar-refractivity contribution in [3.63, 3.8) is 0 Å². The number of ether oxygens (including phenoxy) is 1. The second kappa shape index (κ2) is 5.36. The average molecular weight is 210 g/mol. The Bertz CT molecular complexity index is 318. The van der Waals surface area contributed by atoms with Crippen LogP contribution >= 0.6 is 0 Å². The van der Waals surface area contributed by atoms with E-state index < -0.39 is 5.97 Å². The largest absolute Gasteiger partial charge is 0.493 e. The third-order valence-electron chi connectivity index (χ3n) is 1.95. The first kappa shape index (κ1) is 11.5. The van der Waals surface area contributed by atoms with Gasteiger partial charge in [-0.25, -0.2) is 4.79 Å². The monoisotopic (exact) mass is 210 g/mol. The summed E-state index contributed by atoms with van der Waals surface area (Å²) in [5.41, 5.74) is 0.234. The summed E-state index contributed by atoms with van der Waals surface area (Å²) in [5, 5.41) is 17.4. The van der Waals surface area contributed by atoms with E-state index in [0.717, 1.165) is 0 Å². The summed E-state index contributed by atoms with van der Waals surface area (Å²) in [7, 11) is 0. The molecule has 0 saturated heterocycles. The Labute approximate surface area is 88.1 Å². The van der Waals surface area contributed by atoms with Gasteiger partial charge in [0.1, 0.15) is 5.75 Å². The molecular formula is C11H14O4. The van der Waals surface area contributed by atoms with Gasteiger partial charge in [0, 0.05) is 12.5 Å². The molecule has 2 N–H and O–H groups in total. The van der Waals surface area contributed by atoms with E-state index in [-0.39, 0.29) is 18.1 Å². The highest BCUT2D eigenvalue weighted by Crippen LogP contribution is 2.13. The summed E-state index contributed by atoms with van der Waals surface area (Å²) in [5.74, 6) is -0.269. The first-order valence-corrected chi connectivity index (χ1v) is 4.70. The second-order valence-corrected chi connectivity index (χ2v) is 3.43. The molecule has 0 heterocycles. The summed E-state index contributed by atoms with van der Waals surface area (Å²) in [4.78, 5) is 10.6. The van der Waals surface area contributed by atoms with Gasteiger partial charge < -0.3 is 14.9 Å². The number of hydrogen-bond acceptors (Lipinski definition) is 3. The smallest absolute Gasteiger partial charge is 0.335 e. The molecule has 0 spiro atoms. The molecule has 0 aliphatic carbocycles. The fourth-order valence-electron chi connectivity index (χ4n) is 0.985. The summed E-state index contributed by atoms with van der Waals surface area (Å²) < 4.78 is 5.34. The molecule has 0 saturated carbocycles. The van der Waals surface area contributed by atoms with E-state index in [2.05, 4.69) is 0 Å². The Morgan fingerprint density at radius 1 is 1.40 bits per heavy atom. The highest BCUT2D eigenvalue weighted by Gasteiger charge is 2.03. The lowest BCUT2D eigenvalue weighted by Crippen LogP contribution is -2.12. The molecule has 0 aliphatic rings. The van der Waals surface area contributed by atoms with Crippen LogP contribution in [0.2, 0.25) is 0 Å². The van der Waals surface area contributed by atoms with Crippen molar-refractivity contribution in [3.8, 4) is 5.75 Å². The lowest BCUT2D eigenvalue weighted by molar-refractivity contribution is 0.0697. The maximum atomic E-state index is 10.6. The molecule has 15 heavy (non-hydrogen) atoms. The van der Waals surface area contributed by atoms with Crippen molar-refractivity contribution in [3.05, 3.63) is 29.8 Å². The average Bonchev–Trinajstić information content (AvgIpc) is 2.26. The standard InChI is InChI=1S/C11H14O4/c1-8(6-12)7-15-10-4-2-9(3-5-10)11(13)14/h2-5,8,12H,6-7H2,1H3,(H,13,14)/t8-/m0/s1. The third-order valence-corrected chi connectivity index (χ3v) is 1.95. The molecule has 0 aliphatic heterocycles. The summed E-state index contributed by atoms with van der Waals surface area (Å²) in [6.07, 6.45) is 0. The minimum atomic E-state index is -0.953. The molecule has 1 aromatic rings. The summed E-state index contributed by atoms with van der Waals surface area (Å²) in [6, 6.07) is 6.18. The van der Waals surface area contributed by atoms with Crippen molar-refractivity contribution in [1.82, 2.24) is 0 Å². The number of aliphatic hydroxyl groups excluding tert-OH is 1. The zero-order valence-electron chi connectivity index (χ0n) is 8.51. The van der Waals surface area contributed by atoms with Gasteiger partial charge >= 0.3 is 5.97 Å². The molecule has 0 unspecified atom stereocenters. The number of benzene rings is 1. The number of carboxylic acids is 1. The maximum absolute atomic E-state index is 10.6. The predicted octanol–water partition coefficient (Wildman–Crippen LogP) is 1.39. The van der Waals surface area contributed by atoms with Gasteiger partial charge in [0.15, 0.2) is 0 Å². The van der Waals surface area contributed by atoms with Crippen molar-refractivity contribution >= 4 is 5.97 Å². The van der Waals surface area contributed by atoms with Crippen LogP contribution in [0, 0.1) is 5.92 Å². The van der Waals surface area contributed by atoms with E-state index in [1.165, 1.54) is 12.1 Å². The predicted molar refractivity (Wildman–Crippen MR) is 55.1 cm³/mol. The van der Waals surface area contributed by atoms with Crippen molar-refractivity contribution in [1.29, 1.82) is 0 Å². The number of rotatable bonds is 5. The Kier molecular flexibility index (Phi) is 4.12. The quantitative estimate of drug-likeness (QED) is 0.770. The van der Waals surface area contributed by atoms with Crippen LogP contribution in [-0.2, 0) is 0 Å². The molecule has 82 valence electrons. The van der Waals surface area contributed by atoms with Gasteiger partial charge in [-0.05, 0) is 24.3 Å². The summed E-state index contributed by atoms with van der Waals surface area (Å²) in [6.45, 7) is 2.36. The molecule has 0 radical (unpaired) electrons. The molecule has 0 fully saturated rings. The van der Waals surface area contributed by atoms with Crippen LogP contribution in [0.15, 0.2) is 24.3 Å². The van der Waals surface area contributed by atoms with E-state index >= 15 is 0 Å². The third kappa shape index (κ3) is 3.59. The van der Waals surface area contributed by atoms with Crippen molar-refractivity contribution < 1.29 is 19.7 Å². The van der Waals surface area contributed by atoms with E-state index in [0.29, 0.717) is 12.4 Å². The SMILES string of the molecule is C[C@@H](CO)COc1ccc(C(=O)O)cc1. The molecule has 1 atom stereocenters. The van der Waals surface area contributed by atoms with Gasteiger partial charge in [-0.2, -0.15) is 0 Å². The van der Waals surface area contributed by atoms with Crippen molar-refractivity contribution in [2.45, 2.75) is 6.92 Å². The fraction of sp³-hybridized carbons (Fsp3) is 0.364. The van der Waals surface area contributed by atoms with E-state index in [1.807, 2.05) is 6.92 Å². The van der Waals surface area contributed by atoms with Gasteiger partial charge in [-0.1, -0.05) is 6.92 Å². The van der Waals surface area contributed by atoms with Crippen LogP contribution in [-0.4, -0.2) is 29.4 Å². The number of carbonyl (C=O) groups is 1. The topological polar surface area (TPSA) is 66.8 Å². The lowest BCUT2D eigenvalue weighted by Gasteiger charge is -2.10. The highest BCUT2D eigenvalue weighted by molar-refractivity contribution is 5.87. The Morgan fingerprint density at radius 3 is 2.47 bits per heavy atom. The van der Waals surface area contributed by atoms with Gasteiger partial charge in [-0.3, -0.25) is 0 Å². The Balaban J connectivity index is 2.53. The highest BCUT2D eigenvalue weighted by atomic mass is 16.5. The Morgan fingerprint density at radius 2 is 2.00 bits per heavy atom. The van der Waals surface area contributed by atoms with Crippen molar-refractivity contribution in [2.75, 3.05) is 13.2 Å². The van der Waals surface area contributed by atoms with E-state index in [9.17, 15) is 4.79 Å². The first-order valence-electron chi connectivity index (χ1n) is 4.70. The first-order chi connectivity index (χ1) is 7.13. The molecule has 1 rings (SSSR count). The van der Waals surface area contributed by atoms with Gasteiger partial charge in [-0.15, -0.1) is 0 Å². The maximum Gasteiger partial charge on any atom is 0.335 e. The summed E-state index contributed by atoms with van der Waals surface area (Å²) >= 11 is 0. The van der Waals surface area contributed by atoms with E-state index in [4.69, 9.17) is 14.9 Å². The molecule has 4 nitrogen and oxygen atoms in total. The molecule has 1 aromatic carbocycles. The van der Waals surface area contributed by atoms with Crippen LogP contribution in [0.4, 0.5) is 0 Å². The van der Waals surface area contributed by atoms with Crippen LogP contribution in [0.1, 0.15) is 17.3 Å². The molecule has 0 aromatic heterocycles. The molecule has 0 bridgehead atoms. The minimum Gasteiger partial charge on any atom is -0.493 e. The molecule has 0 amide bonds. The van der Waals surface area contributed by atoms with Crippen LogP contribution in [0.25, 0.3) is 0 Å². The van der Waals surface area contributed by atoms with Crippen molar-refractivity contribution in [2.24, 2.45) is 5.92 Å². The van der Waals surface area contributed by atoms with Crippen LogP contribution in [0.5, 0.6) is 5.75 Å². The Hall–Kier alpha value is -1.55. The molecular weight excluding hydrogens is 196 g/mol. The fourth-order valence-corrected chi connectivity index (χ4v) is 0.985. The zero-order valence-corrected chi connectivity index (χ0v) is 8.51. The van der Waals surface area contributed by atoms with Gasteiger partial charge in [0.05, 0.1) is 12.2 Å². The number of carboxylic acid groups (broad SMARTS) is 1. The number of aromatic carboxylic acids is 1. The van der Waals surface area contributed by atoms with Gasteiger partial charge in [0.2, 0.25) is 0 Å². The number of aliphatic hydroxyl groups is 1.